The van der Waals surface area contributed by atoms with Crippen molar-refractivity contribution < 1.29 is 4.79 Å². The number of carbonyl (C=O) groups excluding carboxylic acids is 1. The second-order valence-electron chi connectivity index (χ2n) is 7.82. The SMILES string of the molecule is CC(C)(C)c1ccc(NC(=O)N2CCc3c(cnc4[nH]ncc34)C2)cc1. The van der Waals surface area contributed by atoms with Crippen LogP contribution < -0.4 is 5.32 Å². The number of nitrogens with one attached hydrogen (secondary N) is 2. The molecule has 0 radical (unpaired) electrons. The molecule has 2 aromatic heterocycles. The van der Waals surface area contributed by atoms with E-state index in [-0.39, 0.29) is 11.4 Å². The first-order valence-electron chi connectivity index (χ1n) is 8.88. The second-order valence-corrected chi connectivity index (χ2v) is 7.82. The number of fused-ring (bicyclic) bond motifs is 3. The molecule has 2 amide bonds. The van der Waals surface area contributed by atoms with Crippen LogP contribution in [0.5, 0.6) is 0 Å². The molecule has 1 aliphatic rings. The van der Waals surface area contributed by atoms with Crippen molar-refractivity contribution in [2.45, 2.75) is 39.2 Å². The first-order chi connectivity index (χ1) is 12.4. The Labute approximate surface area is 152 Å². The Hall–Kier alpha value is -2.89. The molecule has 0 aliphatic carbocycles. The van der Waals surface area contributed by atoms with E-state index < -0.39 is 0 Å². The first kappa shape index (κ1) is 16.6. The lowest BCUT2D eigenvalue weighted by Crippen LogP contribution is -2.39. The number of rotatable bonds is 1. The number of amides is 2. The molecule has 0 saturated carbocycles. The number of aromatic amines is 1. The topological polar surface area (TPSA) is 73.9 Å². The Kier molecular flexibility index (Phi) is 3.90. The zero-order valence-electron chi connectivity index (χ0n) is 15.3. The maximum Gasteiger partial charge on any atom is 0.322 e. The van der Waals surface area contributed by atoms with Gasteiger partial charge in [0.1, 0.15) is 0 Å². The molecule has 0 unspecified atom stereocenters. The van der Waals surface area contributed by atoms with Crippen molar-refractivity contribution in [2.75, 3.05) is 11.9 Å². The molecular weight excluding hydrogens is 326 g/mol. The highest BCUT2D eigenvalue weighted by Gasteiger charge is 2.23. The molecule has 6 heteroatoms. The molecule has 0 atom stereocenters. The standard InChI is InChI=1S/C20H23N5O/c1-20(2,3)14-4-6-15(7-5-14)23-19(26)25-9-8-16-13(12-25)10-21-18-17(16)11-22-24-18/h4-7,10-11H,8-9,12H2,1-3H3,(H,23,26)(H,21,22,24). The van der Waals surface area contributed by atoms with Gasteiger partial charge < -0.3 is 10.2 Å². The van der Waals surface area contributed by atoms with Gasteiger partial charge in [0.2, 0.25) is 0 Å². The molecule has 0 spiro atoms. The summed E-state index contributed by atoms with van der Waals surface area (Å²) >= 11 is 0. The molecule has 3 heterocycles. The van der Waals surface area contributed by atoms with Crippen molar-refractivity contribution in [2.24, 2.45) is 0 Å². The monoisotopic (exact) mass is 349 g/mol. The van der Waals surface area contributed by atoms with Crippen molar-refractivity contribution in [3.8, 4) is 0 Å². The number of anilines is 1. The summed E-state index contributed by atoms with van der Waals surface area (Å²) in [6, 6.07) is 7.99. The Balaban J connectivity index is 1.47. The zero-order valence-corrected chi connectivity index (χ0v) is 15.3. The molecule has 0 fully saturated rings. The summed E-state index contributed by atoms with van der Waals surface area (Å²) in [5.41, 5.74) is 5.30. The summed E-state index contributed by atoms with van der Waals surface area (Å²) in [6.45, 7) is 7.78. The Morgan fingerprint density at radius 2 is 1.96 bits per heavy atom. The van der Waals surface area contributed by atoms with Crippen LogP contribution >= 0.6 is 0 Å². The van der Waals surface area contributed by atoms with Gasteiger partial charge in [0.25, 0.3) is 0 Å². The fourth-order valence-corrected chi connectivity index (χ4v) is 3.38. The average Bonchev–Trinajstić information content (AvgIpc) is 3.10. The highest BCUT2D eigenvalue weighted by Crippen LogP contribution is 2.26. The zero-order chi connectivity index (χ0) is 18.3. The van der Waals surface area contributed by atoms with Gasteiger partial charge in [-0.2, -0.15) is 5.10 Å². The van der Waals surface area contributed by atoms with E-state index in [9.17, 15) is 4.79 Å². The van der Waals surface area contributed by atoms with E-state index in [1.54, 1.807) is 0 Å². The number of nitrogens with zero attached hydrogens (tertiary/aromatic N) is 3. The number of benzene rings is 1. The Morgan fingerprint density at radius 3 is 2.69 bits per heavy atom. The molecular formula is C20H23N5O. The van der Waals surface area contributed by atoms with Gasteiger partial charge in [0.15, 0.2) is 5.65 Å². The second kappa shape index (κ2) is 6.12. The number of carbonyl (C=O) groups is 1. The van der Waals surface area contributed by atoms with Gasteiger partial charge in [0.05, 0.1) is 6.20 Å². The Bertz CT molecular complexity index is 952. The van der Waals surface area contributed by atoms with E-state index in [0.29, 0.717) is 13.1 Å². The van der Waals surface area contributed by atoms with Gasteiger partial charge >= 0.3 is 6.03 Å². The fourth-order valence-electron chi connectivity index (χ4n) is 3.38. The van der Waals surface area contributed by atoms with E-state index in [2.05, 4.69) is 53.4 Å². The molecule has 0 bridgehead atoms. The van der Waals surface area contributed by atoms with Crippen LogP contribution in [0.15, 0.2) is 36.7 Å². The fraction of sp³-hybridized carbons (Fsp3) is 0.350. The molecule has 1 aliphatic heterocycles. The van der Waals surface area contributed by atoms with Gasteiger partial charge in [-0.1, -0.05) is 32.9 Å². The molecule has 1 aromatic carbocycles. The third-order valence-corrected chi connectivity index (χ3v) is 4.96. The Morgan fingerprint density at radius 1 is 1.19 bits per heavy atom. The molecule has 3 aromatic rings. The summed E-state index contributed by atoms with van der Waals surface area (Å²) in [5.74, 6) is 0. The lowest BCUT2D eigenvalue weighted by Gasteiger charge is -2.29. The molecule has 2 N–H and O–H groups in total. The van der Waals surface area contributed by atoms with Gasteiger partial charge in [-0.25, -0.2) is 9.78 Å². The number of H-pyrrole nitrogens is 1. The van der Waals surface area contributed by atoms with E-state index >= 15 is 0 Å². The van der Waals surface area contributed by atoms with E-state index in [0.717, 1.165) is 28.7 Å². The number of pyridine rings is 1. The largest absolute Gasteiger partial charge is 0.322 e. The molecule has 4 rings (SSSR count). The lowest BCUT2D eigenvalue weighted by atomic mass is 9.87. The van der Waals surface area contributed by atoms with Gasteiger partial charge in [0, 0.05) is 30.4 Å². The predicted octanol–water partition coefficient (Wildman–Crippen LogP) is 3.85. The quantitative estimate of drug-likeness (QED) is 0.701. The highest BCUT2D eigenvalue weighted by molar-refractivity contribution is 5.90. The minimum Gasteiger partial charge on any atom is -0.320 e. The third-order valence-electron chi connectivity index (χ3n) is 4.96. The molecule has 0 saturated heterocycles. The van der Waals surface area contributed by atoms with Crippen molar-refractivity contribution in [3.05, 3.63) is 53.3 Å². The third kappa shape index (κ3) is 3.03. The van der Waals surface area contributed by atoms with Gasteiger partial charge in [-0.3, -0.25) is 5.10 Å². The summed E-state index contributed by atoms with van der Waals surface area (Å²) < 4.78 is 0. The lowest BCUT2D eigenvalue weighted by molar-refractivity contribution is 0.206. The average molecular weight is 349 g/mol. The van der Waals surface area contributed by atoms with Crippen molar-refractivity contribution in [3.63, 3.8) is 0 Å². The van der Waals surface area contributed by atoms with Crippen molar-refractivity contribution in [1.29, 1.82) is 0 Å². The minimum atomic E-state index is -0.0774. The van der Waals surface area contributed by atoms with Crippen LogP contribution in [0.4, 0.5) is 10.5 Å². The highest BCUT2D eigenvalue weighted by atomic mass is 16.2. The molecule has 26 heavy (non-hydrogen) atoms. The van der Waals surface area contributed by atoms with Gasteiger partial charge in [-0.15, -0.1) is 0 Å². The summed E-state index contributed by atoms with van der Waals surface area (Å²) in [5, 5.41) is 11.0. The van der Waals surface area contributed by atoms with E-state index in [4.69, 9.17) is 0 Å². The van der Waals surface area contributed by atoms with Crippen LogP contribution in [0.3, 0.4) is 0 Å². The molecule has 6 nitrogen and oxygen atoms in total. The summed E-state index contributed by atoms with van der Waals surface area (Å²) in [7, 11) is 0. The van der Waals surface area contributed by atoms with Crippen LogP contribution in [0.25, 0.3) is 11.0 Å². The maximum atomic E-state index is 12.6. The number of aromatic nitrogens is 3. The summed E-state index contributed by atoms with van der Waals surface area (Å²) in [4.78, 5) is 18.9. The summed E-state index contributed by atoms with van der Waals surface area (Å²) in [6.07, 6.45) is 4.46. The minimum absolute atomic E-state index is 0.0774. The number of hydrogen-bond donors (Lipinski definition) is 2. The first-order valence-corrected chi connectivity index (χ1v) is 8.88. The van der Waals surface area contributed by atoms with Crippen LogP contribution in [-0.2, 0) is 18.4 Å². The van der Waals surface area contributed by atoms with Crippen LogP contribution in [0.2, 0.25) is 0 Å². The van der Waals surface area contributed by atoms with Crippen molar-refractivity contribution >= 4 is 22.8 Å². The molecule has 134 valence electrons. The van der Waals surface area contributed by atoms with E-state index in [1.165, 1.54) is 11.1 Å². The maximum absolute atomic E-state index is 12.6. The van der Waals surface area contributed by atoms with Crippen molar-refractivity contribution in [1.82, 2.24) is 20.1 Å². The number of hydrogen-bond acceptors (Lipinski definition) is 3. The van der Waals surface area contributed by atoms with Crippen LogP contribution in [0.1, 0.15) is 37.5 Å². The normalized spacial score (nSPS) is 14.3. The van der Waals surface area contributed by atoms with Crippen LogP contribution in [-0.4, -0.2) is 32.7 Å². The van der Waals surface area contributed by atoms with Gasteiger partial charge in [-0.05, 0) is 40.7 Å². The smallest absolute Gasteiger partial charge is 0.320 e. The van der Waals surface area contributed by atoms with Crippen LogP contribution in [0, 0.1) is 0 Å². The van der Waals surface area contributed by atoms with E-state index in [1.807, 2.05) is 29.4 Å². The number of urea groups is 1. The predicted molar refractivity (Wildman–Crippen MR) is 102 cm³/mol.